The SMILES string of the molecule is C1=Cc2ccccc2C1.Oc1cccc(Cl)c1Cl.Oc1ccccc1. The van der Waals surface area contributed by atoms with Crippen LogP contribution in [0.25, 0.3) is 6.08 Å². The summed E-state index contributed by atoms with van der Waals surface area (Å²) in [6.07, 6.45) is 5.50. The molecule has 25 heavy (non-hydrogen) atoms. The van der Waals surface area contributed by atoms with Gasteiger partial charge in [0, 0.05) is 0 Å². The number of hydrogen-bond acceptors (Lipinski definition) is 2. The summed E-state index contributed by atoms with van der Waals surface area (Å²) in [4.78, 5) is 0. The van der Waals surface area contributed by atoms with Crippen molar-refractivity contribution in [3.05, 3.63) is 100 Å². The molecule has 0 heterocycles. The highest BCUT2D eigenvalue weighted by molar-refractivity contribution is 6.42. The van der Waals surface area contributed by atoms with Gasteiger partial charge in [0.2, 0.25) is 0 Å². The number of hydrogen-bond donors (Lipinski definition) is 2. The summed E-state index contributed by atoms with van der Waals surface area (Å²) in [6, 6.07) is 21.9. The summed E-state index contributed by atoms with van der Waals surface area (Å²) >= 11 is 11.0. The van der Waals surface area contributed by atoms with Gasteiger partial charge in [0.25, 0.3) is 0 Å². The molecule has 128 valence electrons. The van der Waals surface area contributed by atoms with Gasteiger partial charge in [-0.3, -0.25) is 0 Å². The van der Waals surface area contributed by atoms with Crippen LogP contribution in [0.4, 0.5) is 0 Å². The second-order valence-electron chi connectivity index (χ2n) is 5.21. The lowest BCUT2D eigenvalue weighted by atomic mass is 10.1. The predicted molar refractivity (Wildman–Crippen MR) is 105 cm³/mol. The van der Waals surface area contributed by atoms with E-state index in [0.717, 1.165) is 6.42 Å². The Balaban J connectivity index is 0.000000137. The second kappa shape index (κ2) is 9.77. The Morgan fingerprint density at radius 2 is 1.40 bits per heavy atom. The van der Waals surface area contributed by atoms with Crippen LogP contribution in [0.1, 0.15) is 11.1 Å². The molecular formula is C21H18Cl2O2. The van der Waals surface area contributed by atoms with Gasteiger partial charge < -0.3 is 10.2 Å². The zero-order chi connectivity index (χ0) is 18.1. The highest BCUT2D eigenvalue weighted by Crippen LogP contribution is 2.29. The minimum absolute atomic E-state index is 0.0177. The first-order valence-electron chi connectivity index (χ1n) is 7.69. The average molecular weight is 373 g/mol. The van der Waals surface area contributed by atoms with Crippen molar-refractivity contribution < 1.29 is 10.2 Å². The standard InChI is InChI=1S/C9H8.C6H4Cl2O.C6H6O/c1-2-5-9-7-3-6-8(9)4-1;7-4-2-1-3-5(9)6(4)8;7-6-4-2-1-3-5-6/h1-6H,7H2;1-3,9H;1-5,7H. The summed E-state index contributed by atoms with van der Waals surface area (Å²) in [5.41, 5.74) is 2.84. The molecule has 0 atom stereocenters. The number of rotatable bonds is 0. The smallest absolute Gasteiger partial charge is 0.135 e. The van der Waals surface area contributed by atoms with Crippen molar-refractivity contribution in [3.8, 4) is 11.5 Å². The Bertz CT molecular complexity index is 810. The van der Waals surface area contributed by atoms with Gasteiger partial charge in [0.05, 0.1) is 5.02 Å². The largest absolute Gasteiger partial charge is 0.508 e. The van der Waals surface area contributed by atoms with E-state index in [-0.39, 0.29) is 10.8 Å². The molecule has 1 aliphatic rings. The van der Waals surface area contributed by atoms with E-state index in [9.17, 15) is 0 Å². The molecule has 4 heteroatoms. The van der Waals surface area contributed by atoms with Gasteiger partial charge in [-0.05, 0) is 41.8 Å². The van der Waals surface area contributed by atoms with Crippen molar-refractivity contribution in [3.63, 3.8) is 0 Å². The number of benzene rings is 3. The Morgan fingerprint density at radius 1 is 0.720 bits per heavy atom. The third-order valence-corrected chi connectivity index (χ3v) is 4.19. The lowest BCUT2D eigenvalue weighted by molar-refractivity contribution is 0.475. The Morgan fingerprint density at radius 3 is 1.96 bits per heavy atom. The monoisotopic (exact) mass is 372 g/mol. The summed E-state index contributed by atoms with van der Waals surface area (Å²) < 4.78 is 0. The molecule has 0 saturated carbocycles. The first-order valence-corrected chi connectivity index (χ1v) is 8.45. The molecule has 0 unspecified atom stereocenters. The Kier molecular flexibility index (Phi) is 7.39. The van der Waals surface area contributed by atoms with Crippen molar-refractivity contribution in [2.24, 2.45) is 0 Å². The molecule has 3 aromatic rings. The molecule has 0 aliphatic heterocycles. The van der Waals surface area contributed by atoms with Gasteiger partial charge >= 0.3 is 0 Å². The number of aromatic hydroxyl groups is 2. The quantitative estimate of drug-likeness (QED) is 0.482. The number of phenolic OH excluding ortho intramolecular Hbond substituents is 2. The number of para-hydroxylation sites is 1. The zero-order valence-corrected chi connectivity index (χ0v) is 15.0. The van der Waals surface area contributed by atoms with Crippen LogP contribution in [0.2, 0.25) is 10.0 Å². The fourth-order valence-corrected chi connectivity index (χ4v) is 2.41. The van der Waals surface area contributed by atoms with Gasteiger partial charge in [0.1, 0.15) is 16.5 Å². The minimum Gasteiger partial charge on any atom is -0.508 e. The maximum Gasteiger partial charge on any atom is 0.135 e. The number of allylic oxidation sites excluding steroid dienone is 1. The minimum atomic E-state index is 0.0177. The van der Waals surface area contributed by atoms with Crippen LogP contribution in [0.3, 0.4) is 0 Å². The third kappa shape index (κ3) is 6.18. The predicted octanol–water partition coefficient (Wildman–Crippen LogP) is 6.35. The van der Waals surface area contributed by atoms with Crippen molar-refractivity contribution in [2.75, 3.05) is 0 Å². The summed E-state index contributed by atoms with van der Waals surface area (Å²) in [5.74, 6) is 0.340. The van der Waals surface area contributed by atoms with Crippen molar-refractivity contribution in [1.29, 1.82) is 0 Å². The van der Waals surface area contributed by atoms with Crippen LogP contribution in [-0.4, -0.2) is 10.2 Å². The molecule has 1 aliphatic carbocycles. The van der Waals surface area contributed by atoms with Crippen LogP contribution >= 0.6 is 23.2 Å². The van der Waals surface area contributed by atoms with Crippen LogP contribution in [0, 0.1) is 0 Å². The molecular weight excluding hydrogens is 355 g/mol. The van der Waals surface area contributed by atoms with E-state index >= 15 is 0 Å². The van der Waals surface area contributed by atoms with E-state index in [1.807, 2.05) is 6.07 Å². The van der Waals surface area contributed by atoms with Crippen LogP contribution in [0.5, 0.6) is 11.5 Å². The molecule has 2 nitrogen and oxygen atoms in total. The summed E-state index contributed by atoms with van der Waals surface area (Å²) in [7, 11) is 0. The lowest BCUT2D eigenvalue weighted by Crippen LogP contribution is -1.76. The van der Waals surface area contributed by atoms with Crippen LogP contribution in [-0.2, 0) is 6.42 Å². The van der Waals surface area contributed by atoms with E-state index in [1.165, 1.54) is 17.2 Å². The van der Waals surface area contributed by atoms with Crippen LogP contribution in [0.15, 0.2) is 78.9 Å². The summed E-state index contributed by atoms with van der Waals surface area (Å²) in [6.45, 7) is 0. The second-order valence-corrected chi connectivity index (χ2v) is 6.00. The molecule has 0 aromatic heterocycles. The highest BCUT2D eigenvalue weighted by atomic mass is 35.5. The fourth-order valence-electron chi connectivity index (χ4n) is 2.12. The maximum atomic E-state index is 8.88. The first-order chi connectivity index (χ1) is 12.1. The maximum absolute atomic E-state index is 8.88. The fraction of sp³-hybridized carbons (Fsp3) is 0.0476. The van der Waals surface area contributed by atoms with E-state index < -0.39 is 0 Å². The van der Waals surface area contributed by atoms with E-state index in [2.05, 4.69) is 36.4 Å². The molecule has 0 amide bonds. The van der Waals surface area contributed by atoms with E-state index in [1.54, 1.807) is 36.4 Å². The Labute approximate surface area is 157 Å². The van der Waals surface area contributed by atoms with Crippen molar-refractivity contribution >= 4 is 29.3 Å². The normalized spacial score (nSPS) is 10.8. The first kappa shape index (κ1) is 18.9. The number of phenols is 2. The van der Waals surface area contributed by atoms with E-state index in [4.69, 9.17) is 33.4 Å². The van der Waals surface area contributed by atoms with E-state index in [0.29, 0.717) is 10.8 Å². The van der Waals surface area contributed by atoms with Gasteiger partial charge in [-0.25, -0.2) is 0 Å². The van der Waals surface area contributed by atoms with Gasteiger partial charge in [-0.1, -0.05) is 83.9 Å². The lowest BCUT2D eigenvalue weighted by Gasteiger charge is -1.95. The van der Waals surface area contributed by atoms with Gasteiger partial charge in [-0.2, -0.15) is 0 Å². The molecule has 0 bridgehead atoms. The molecule has 0 spiro atoms. The van der Waals surface area contributed by atoms with Crippen LogP contribution < -0.4 is 0 Å². The molecule has 3 aromatic carbocycles. The molecule has 0 radical (unpaired) electrons. The Hall–Kier alpha value is -2.42. The summed E-state index contributed by atoms with van der Waals surface area (Å²) in [5, 5.41) is 18.1. The van der Waals surface area contributed by atoms with Crippen molar-refractivity contribution in [1.82, 2.24) is 0 Å². The van der Waals surface area contributed by atoms with Gasteiger partial charge in [0.15, 0.2) is 0 Å². The zero-order valence-electron chi connectivity index (χ0n) is 13.4. The van der Waals surface area contributed by atoms with Crippen molar-refractivity contribution in [2.45, 2.75) is 6.42 Å². The molecule has 2 N–H and O–H groups in total. The average Bonchev–Trinajstić information content (AvgIpc) is 3.10. The molecule has 4 rings (SSSR count). The molecule has 0 fully saturated rings. The number of fused-ring (bicyclic) bond motifs is 1. The number of halogens is 2. The molecule has 0 saturated heterocycles. The van der Waals surface area contributed by atoms with Gasteiger partial charge in [-0.15, -0.1) is 0 Å². The highest BCUT2D eigenvalue weighted by Gasteiger charge is 2.00. The third-order valence-electron chi connectivity index (χ3n) is 3.38. The topological polar surface area (TPSA) is 40.5 Å².